The van der Waals surface area contributed by atoms with Gasteiger partial charge in [0.25, 0.3) is 0 Å². The van der Waals surface area contributed by atoms with Crippen molar-refractivity contribution in [2.24, 2.45) is 0 Å². The van der Waals surface area contributed by atoms with Crippen LogP contribution in [0.15, 0.2) is 52.9 Å². The molecule has 28 heavy (non-hydrogen) atoms. The molecule has 1 amide bonds. The first kappa shape index (κ1) is 18.9. The molecule has 0 unspecified atom stereocenters. The number of thiazole rings is 1. The standard InChI is InChI=1S/C19H17N5OS3/c1-11(26-19-24-23-18(20)28-19)17(25)21-13-8-6-12(7-9-13)10-16-22-14-4-2-3-5-15(14)27-16/h2-9,11H,10H2,1H3,(H2,20,23)(H,21,25)/t11-/m0/s1. The molecule has 2 heterocycles. The Labute approximate surface area is 174 Å². The predicted octanol–water partition coefficient (Wildman–Crippen LogP) is 4.44. The lowest BCUT2D eigenvalue weighted by molar-refractivity contribution is -0.115. The second-order valence-corrected chi connectivity index (χ2v) is 9.82. The van der Waals surface area contributed by atoms with Gasteiger partial charge in [0.15, 0.2) is 4.34 Å². The van der Waals surface area contributed by atoms with Gasteiger partial charge in [0, 0.05) is 12.1 Å². The number of benzene rings is 2. The summed E-state index contributed by atoms with van der Waals surface area (Å²) in [7, 11) is 0. The number of anilines is 2. The van der Waals surface area contributed by atoms with Gasteiger partial charge in [0.05, 0.1) is 20.5 Å². The fourth-order valence-corrected chi connectivity index (χ4v) is 5.37. The maximum absolute atomic E-state index is 12.4. The van der Waals surface area contributed by atoms with E-state index in [1.165, 1.54) is 27.8 Å². The molecule has 0 spiro atoms. The minimum absolute atomic E-state index is 0.0855. The summed E-state index contributed by atoms with van der Waals surface area (Å²) in [6.45, 7) is 1.83. The van der Waals surface area contributed by atoms with Gasteiger partial charge < -0.3 is 11.1 Å². The lowest BCUT2D eigenvalue weighted by Gasteiger charge is -2.10. The number of aromatic nitrogens is 3. The van der Waals surface area contributed by atoms with Gasteiger partial charge in [0.2, 0.25) is 11.0 Å². The van der Waals surface area contributed by atoms with Crippen molar-refractivity contribution in [3.05, 3.63) is 59.1 Å². The molecule has 0 aliphatic carbocycles. The number of carbonyl (C=O) groups is 1. The smallest absolute Gasteiger partial charge is 0.237 e. The highest BCUT2D eigenvalue weighted by Gasteiger charge is 2.17. The van der Waals surface area contributed by atoms with Crippen molar-refractivity contribution in [2.45, 2.75) is 22.9 Å². The quantitative estimate of drug-likeness (QED) is 0.442. The van der Waals surface area contributed by atoms with Crippen LogP contribution in [0.1, 0.15) is 17.5 Å². The Hall–Kier alpha value is -2.49. The van der Waals surface area contributed by atoms with Crippen LogP contribution in [0.2, 0.25) is 0 Å². The lowest BCUT2D eigenvalue weighted by atomic mass is 10.1. The minimum Gasteiger partial charge on any atom is -0.374 e. The molecular weight excluding hydrogens is 410 g/mol. The number of carbonyl (C=O) groups excluding carboxylic acids is 1. The first-order valence-corrected chi connectivity index (χ1v) is 11.1. The lowest BCUT2D eigenvalue weighted by Crippen LogP contribution is -2.22. The van der Waals surface area contributed by atoms with E-state index < -0.39 is 0 Å². The molecular formula is C19H17N5OS3. The van der Waals surface area contributed by atoms with Crippen molar-refractivity contribution < 1.29 is 4.79 Å². The van der Waals surface area contributed by atoms with Gasteiger partial charge in [-0.05, 0) is 36.8 Å². The first-order valence-electron chi connectivity index (χ1n) is 8.57. The number of para-hydroxylation sites is 1. The zero-order valence-corrected chi connectivity index (χ0v) is 17.4. The monoisotopic (exact) mass is 427 g/mol. The van der Waals surface area contributed by atoms with Crippen molar-refractivity contribution >= 4 is 61.4 Å². The fraction of sp³-hybridized carbons (Fsp3) is 0.158. The number of rotatable bonds is 6. The summed E-state index contributed by atoms with van der Waals surface area (Å²) in [5.41, 5.74) is 8.53. The topological polar surface area (TPSA) is 93.8 Å². The van der Waals surface area contributed by atoms with Gasteiger partial charge in [-0.2, -0.15) is 0 Å². The summed E-state index contributed by atoms with van der Waals surface area (Å²) >= 11 is 4.33. The molecule has 3 N–H and O–H groups in total. The fourth-order valence-electron chi connectivity index (χ4n) is 2.59. The van der Waals surface area contributed by atoms with E-state index in [1.807, 2.05) is 49.4 Å². The van der Waals surface area contributed by atoms with E-state index in [9.17, 15) is 4.79 Å². The molecule has 2 aromatic carbocycles. The highest BCUT2D eigenvalue weighted by Crippen LogP contribution is 2.28. The number of nitrogens with two attached hydrogens (primary N) is 1. The molecule has 142 valence electrons. The number of fused-ring (bicyclic) bond motifs is 1. The third-order valence-corrected chi connectivity index (χ3v) is 6.96. The molecule has 0 fully saturated rings. The van der Waals surface area contributed by atoms with E-state index in [0.29, 0.717) is 9.47 Å². The summed E-state index contributed by atoms with van der Waals surface area (Å²) in [6.07, 6.45) is 0.776. The predicted molar refractivity (Wildman–Crippen MR) is 117 cm³/mol. The van der Waals surface area contributed by atoms with E-state index in [0.717, 1.165) is 28.2 Å². The van der Waals surface area contributed by atoms with Crippen molar-refractivity contribution in [1.29, 1.82) is 0 Å². The van der Waals surface area contributed by atoms with Gasteiger partial charge in [-0.25, -0.2) is 4.98 Å². The molecule has 4 aromatic rings. The zero-order chi connectivity index (χ0) is 19.5. The van der Waals surface area contributed by atoms with Crippen LogP contribution in [-0.4, -0.2) is 26.3 Å². The number of nitrogen functional groups attached to an aromatic ring is 1. The van der Waals surface area contributed by atoms with E-state index in [2.05, 4.69) is 26.6 Å². The van der Waals surface area contributed by atoms with E-state index in [1.54, 1.807) is 11.3 Å². The minimum atomic E-state index is -0.297. The second kappa shape index (κ2) is 8.26. The maximum Gasteiger partial charge on any atom is 0.237 e. The highest BCUT2D eigenvalue weighted by atomic mass is 32.2. The third kappa shape index (κ3) is 4.49. The Kier molecular flexibility index (Phi) is 5.56. The summed E-state index contributed by atoms with van der Waals surface area (Å²) in [5, 5.41) is 11.8. The van der Waals surface area contributed by atoms with Crippen LogP contribution in [0, 0.1) is 0 Å². The summed E-state index contributed by atoms with van der Waals surface area (Å²) in [6, 6.07) is 16.0. The molecule has 0 aliphatic heterocycles. The molecule has 2 aromatic heterocycles. The van der Waals surface area contributed by atoms with Crippen molar-refractivity contribution in [1.82, 2.24) is 15.2 Å². The van der Waals surface area contributed by atoms with Crippen LogP contribution in [0.5, 0.6) is 0 Å². The van der Waals surface area contributed by atoms with Gasteiger partial charge >= 0.3 is 0 Å². The Bertz CT molecular complexity index is 1070. The average Bonchev–Trinajstić information content (AvgIpc) is 3.28. The van der Waals surface area contributed by atoms with Crippen LogP contribution in [-0.2, 0) is 11.2 Å². The Morgan fingerprint density at radius 1 is 1.14 bits per heavy atom. The van der Waals surface area contributed by atoms with Crippen LogP contribution in [0.4, 0.5) is 10.8 Å². The largest absolute Gasteiger partial charge is 0.374 e. The van der Waals surface area contributed by atoms with Crippen molar-refractivity contribution in [3.63, 3.8) is 0 Å². The molecule has 0 saturated heterocycles. The second-order valence-electron chi connectivity index (χ2n) is 6.10. The Balaban J connectivity index is 1.36. The molecule has 4 rings (SSSR count). The number of thioether (sulfide) groups is 1. The molecule has 0 saturated carbocycles. The Morgan fingerprint density at radius 2 is 1.93 bits per heavy atom. The van der Waals surface area contributed by atoms with E-state index in [4.69, 9.17) is 5.73 Å². The first-order chi connectivity index (χ1) is 13.6. The summed E-state index contributed by atoms with van der Waals surface area (Å²) in [5.74, 6) is -0.0855. The number of nitrogens with zero attached hydrogens (tertiary/aromatic N) is 3. The van der Waals surface area contributed by atoms with Crippen molar-refractivity contribution in [2.75, 3.05) is 11.1 Å². The number of nitrogens with one attached hydrogen (secondary N) is 1. The van der Waals surface area contributed by atoms with Gasteiger partial charge in [0.1, 0.15) is 0 Å². The maximum atomic E-state index is 12.4. The Morgan fingerprint density at radius 3 is 2.64 bits per heavy atom. The van der Waals surface area contributed by atoms with Crippen LogP contribution in [0.3, 0.4) is 0 Å². The molecule has 9 heteroatoms. The highest BCUT2D eigenvalue weighted by molar-refractivity contribution is 8.02. The summed E-state index contributed by atoms with van der Waals surface area (Å²) < 4.78 is 1.89. The number of amides is 1. The van der Waals surface area contributed by atoms with E-state index in [-0.39, 0.29) is 11.2 Å². The van der Waals surface area contributed by atoms with Crippen LogP contribution < -0.4 is 11.1 Å². The molecule has 1 atom stereocenters. The molecule has 0 radical (unpaired) electrons. The van der Waals surface area contributed by atoms with Gasteiger partial charge in [-0.15, -0.1) is 21.5 Å². The van der Waals surface area contributed by atoms with Gasteiger partial charge in [-0.3, -0.25) is 4.79 Å². The van der Waals surface area contributed by atoms with E-state index >= 15 is 0 Å². The van der Waals surface area contributed by atoms with Crippen molar-refractivity contribution in [3.8, 4) is 0 Å². The van der Waals surface area contributed by atoms with Crippen LogP contribution in [0.25, 0.3) is 10.2 Å². The number of hydrogen-bond donors (Lipinski definition) is 2. The SMILES string of the molecule is C[C@H](Sc1nnc(N)s1)C(=O)Nc1ccc(Cc2nc3ccccc3s2)cc1. The van der Waals surface area contributed by atoms with Gasteiger partial charge in [-0.1, -0.05) is 47.4 Å². The summed E-state index contributed by atoms with van der Waals surface area (Å²) in [4.78, 5) is 17.1. The number of hydrogen-bond acceptors (Lipinski definition) is 8. The molecule has 6 nitrogen and oxygen atoms in total. The average molecular weight is 428 g/mol. The zero-order valence-electron chi connectivity index (χ0n) is 15.0. The normalized spacial score (nSPS) is 12.2. The molecule has 0 aliphatic rings. The van der Waals surface area contributed by atoms with Crippen LogP contribution >= 0.6 is 34.4 Å². The molecule has 0 bridgehead atoms. The third-order valence-electron chi connectivity index (χ3n) is 3.98.